The van der Waals surface area contributed by atoms with E-state index in [9.17, 15) is 9.59 Å². The van der Waals surface area contributed by atoms with Crippen LogP contribution in [-0.4, -0.2) is 38.5 Å². The van der Waals surface area contributed by atoms with Crippen molar-refractivity contribution in [2.75, 3.05) is 30.4 Å². The van der Waals surface area contributed by atoms with Gasteiger partial charge in [0.25, 0.3) is 5.91 Å². The van der Waals surface area contributed by atoms with Crippen molar-refractivity contribution >= 4 is 34.8 Å². The number of para-hydroxylation sites is 1. The molecule has 0 aliphatic carbocycles. The second-order valence-electron chi connectivity index (χ2n) is 8.34. The zero-order valence-electron chi connectivity index (χ0n) is 18.1. The second kappa shape index (κ2) is 9.52. The van der Waals surface area contributed by atoms with Crippen LogP contribution in [0.1, 0.15) is 54.9 Å². The molecule has 5 nitrogen and oxygen atoms in total. The lowest BCUT2D eigenvalue weighted by molar-refractivity contribution is -0.122. The van der Waals surface area contributed by atoms with Gasteiger partial charge in [-0.2, -0.15) is 0 Å². The number of fused-ring (bicyclic) bond motifs is 1. The highest BCUT2D eigenvalue weighted by Crippen LogP contribution is 2.37. The van der Waals surface area contributed by atoms with Crippen LogP contribution in [0.15, 0.2) is 42.5 Å². The van der Waals surface area contributed by atoms with Gasteiger partial charge in [-0.3, -0.25) is 9.59 Å². The molecule has 0 saturated carbocycles. The van der Waals surface area contributed by atoms with Gasteiger partial charge in [0, 0.05) is 44.5 Å². The van der Waals surface area contributed by atoms with Gasteiger partial charge in [-0.25, -0.2) is 0 Å². The highest BCUT2D eigenvalue weighted by atomic mass is 35.5. The minimum atomic E-state index is -0.106. The molecule has 1 aliphatic rings. The van der Waals surface area contributed by atoms with Crippen molar-refractivity contribution in [1.29, 1.82) is 0 Å². The Morgan fingerprint density at radius 3 is 2.60 bits per heavy atom. The monoisotopic (exact) mass is 427 g/mol. The maximum Gasteiger partial charge on any atom is 0.259 e. The molecule has 2 amide bonds. The molecule has 0 spiro atoms. The molecule has 30 heavy (non-hydrogen) atoms. The first-order valence-corrected chi connectivity index (χ1v) is 10.8. The van der Waals surface area contributed by atoms with E-state index in [1.165, 1.54) is 0 Å². The van der Waals surface area contributed by atoms with E-state index in [2.05, 4.69) is 5.32 Å². The van der Waals surface area contributed by atoms with E-state index < -0.39 is 0 Å². The number of hydrogen-bond donors (Lipinski definition) is 1. The first kappa shape index (κ1) is 22.2. The minimum absolute atomic E-state index is 0.0481. The Balaban J connectivity index is 1.91. The molecule has 2 aromatic carbocycles. The summed E-state index contributed by atoms with van der Waals surface area (Å²) in [5.41, 5.74) is 3.36. The molecule has 1 heterocycles. The molecule has 0 radical (unpaired) electrons. The van der Waals surface area contributed by atoms with Crippen LogP contribution in [0.2, 0.25) is 5.02 Å². The number of benzene rings is 2. The summed E-state index contributed by atoms with van der Waals surface area (Å²) in [7, 11) is 3.88. The van der Waals surface area contributed by atoms with Gasteiger partial charge in [0.1, 0.15) is 0 Å². The fraction of sp³-hybridized carbons (Fsp3) is 0.417. The van der Waals surface area contributed by atoms with Gasteiger partial charge in [-0.15, -0.1) is 0 Å². The number of amides is 2. The minimum Gasteiger partial charge on any atom is -0.378 e. The van der Waals surface area contributed by atoms with Crippen molar-refractivity contribution in [1.82, 2.24) is 5.32 Å². The standard InChI is InChI=1S/C24H30ClN3O2/c1-16(2)26-23(29)14-17-8-7-13-28(22-10-6-5-9-19(17)22)24(30)20-12-11-18(27(3)4)15-21(20)25/h5-6,9-12,15-17H,7-8,13-14H2,1-4H3,(H,26,29). The number of halogens is 1. The lowest BCUT2D eigenvalue weighted by atomic mass is 9.90. The average molecular weight is 428 g/mol. The molecule has 0 bridgehead atoms. The number of hydrogen-bond acceptors (Lipinski definition) is 3. The number of nitrogens with zero attached hydrogens (tertiary/aromatic N) is 2. The number of nitrogens with one attached hydrogen (secondary N) is 1. The van der Waals surface area contributed by atoms with E-state index in [4.69, 9.17) is 11.6 Å². The fourth-order valence-corrected chi connectivity index (χ4v) is 4.23. The first-order valence-electron chi connectivity index (χ1n) is 10.4. The lowest BCUT2D eigenvalue weighted by Gasteiger charge is -2.25. The highest BCUT2D eigenvalue weighted by molar-refractivity contribution is 6.34. The number of carbonyl (C=O) groups excluding carboxylic acids is 2. The molecule has 1 atom stereocenters. The molecule has 1 aliphatic heterocycles. The SMILES string of the molecule is CC(C)NC(=O)CC1CCCN(C(=O)c2ccc(N(C)C)cc2Cl)c2ccccc21. The van der Waals surface area contributed by atoms with Gasteiger partial charge < -0.3 is 15.1 Å². The van der Waals surface area contributed by atoms with Gasteiger partial charge in [0.15, 0.2) is 0 Å². The third-order valence-electron chi connectivity index (χ3n) is 5.43. The van der Waals surface area contributed by atoms with Gasteiger partial charge in [0.05, 0.1) is 10.6 Å². The first-order chi connectivity index (χ1) is 14.3. The van der Waals surface area contributed by atoms with Crippen molar-refractivity contribution in [2.45, 2.75) is 45.1 Å². The van der Waals surface area contributed by atoms with Crippen LogP contribution in [0.25, 0.3) is 0 Å². The molecule has 0 aromatic heterocycles. The summed E-state index contributed by atoms with van der Waals surface area (Å²) < 4.78 is 0. The lowest BCUT2D eigenvalue weighted by Crippen LogP contribution is -2.32. The van der Waals surface area contributed by atoms with E-state index in [0.29, 0.717) is 23.6 Å². The Hall–Kier alpha value is -2.53. The zero-order chi connectivity index (χ0) is 21.8. The van der Waals surface area contributed by atoms with Crippen molar-refractivity contribution in [3.63, 3.8) is 0 Å². The Morgan fingerprint density at radius 2 is 1.93 bits per heavy atom. The second-order valence-corrected chi connectivity index (χ2v) is 8.75. The summed E-state index contributed by atoms with van der Waals surface area (Å²) in [6.45, 7) is 4.53. The maximum atomic E-state index is 13.4. The maximum absolute atomic E-state index is 13.4. The molecule has 1 unspecified atom stereocenters. The summed E-state index contributed by atoms with van der Waals surface area (Å²) in [4.78, 5) is 29.6. The van der Waals surface area contributed by atoms with Gasteiger partial charge in [0.2, 0.25) is 5.91 Å². The molecule has 1 N–H and O–H groups in total. The summed E-state index contributed by atoms with van der Waals surface area (Å²) >= 11 is 6.47. The molecule has 6 heteroatoms. The summed E-state index contributed by atoms with van der Waals surface area (Å²) in [5.74, 6) is 0.0290. The van der Waals surface area contributed by atoms with Crippen LogP contribution in [-0.2, 0) is 4.79 Å². The third kappa shape index (κ3) is 4.96. The van der Waals surface area contributed by atoms with Crippen LogP contribution >= 0.6 is 11.6 Å². The van der Waals surface area contributed by atoms with E-state index in [-0.39, 0.29) is 23.8 Å². The van der Waals surface area contributed by atoms with E-state index >= 15 is 0 Å². The smallest absolute Gasteiger partial charge is 0.259 e. The Labute approximate surface area is 184 Å². The van der Waals surface area contributed by atoms with Gasteiger partial charge in [-0.1, -0.05) is 29.8 Å². The molecule has 2 aromatic rings. The summed E-state index contributed by atoms with van der Waals surface area (Å²) in [5, 5.41) is 3.43. The van der Waals surface area contributed by atoms with Crippen LogP contribution in [0, 0.1) is 0 Å². The fourth-order valence-electron chi connectivity index (χ4n) is 3.98. The van der Waals surface area contributed by atoms with Crippen molar-refractivity contribution < 1.29 is 9.59 Å². The van der Waals surface area contributed by atoms with Crippen LogP contribution in [0.5, 0.6) is 0 Å². The molecule has 160 valence electrons. The zero-order valence-corrected chi connectivity index (χ0v) is 18.9. The average Bonchev–Trinajstić information content (AvgIpc) is 2.86. The predicted molar refractivity (Wildman–Crippen MR) is 124 cm³/mol. The Bertz CT molecular complexity index is 926. The van der Waals surface area contributed by atoms with Crippen LogP contribution < -0.4 is 15.1 Å². The van der Waals surface area contributed by atoms with Crippen molar-refractivity contribution in [2.24, 2.45) is 0 Å². The molecular formula is C24H30ClN3O2. The normalized spacial score (nSPS) is 16.1. The molecule has 0 saturated heterocycles. The summed E-state index contributed by atoms with van der Waals surface area (Å²) in [6, 6.07) is 13.5. The van der Waals surface area contributed by atoms with Crippen LogP contribution in [0.4, 0.5) is 11.4 Å². The number of carbonyl (C=O) groups is 2. The van der Waals surface area contributed by atoms with E-state index in [1.807, 2.05) is 74.1 Å². The quantitative estimate of drug-likeness (QED) is 0.742. The third-order valence-corrected chi connectivity index (χ3v) is 5.74. The Kier molecular flexibility index (Phi) is 7.03. The van der Waals surface area contributed by atoms with Crippen LogP contribution in [0.3, 0.4) is 0 Å². The predicted octanol–water partition coefficient (Wildman–Crippen LogP) is 4.84. The van der Waals surface area contributed by atoms with Gasteiger partial charge in [-0.05, 0) is 62.4 Å². The highest BCUT2D eigenvalue weighted by Gasteiger charge is 2.29. The summed E-state index contributed by atoms with van der Waals surface area (Å²) in [6.07, 6.45) is 2.11. The number of anilines is 2. The Morgan fingerprint density at radius 1 is 1.20 bits per heavy atom. The molecular weight excluding hydrogens is 398 g/mol. The van der Waals surface area contributed by atoms with E-state index in [1.54, 1.807) is 6.07 Å². The van der Waals surface area contributed by atoms with Crippen molar-refractivity contribution in [3.8, 4) is 0 Å². The topological polar surface area (TPSA) is 52.7 Å². The van der Waals surface area contributed by atoms with Crippen molar-refractivity contribution in [3.05, 3.63) is 58.6 Å². The number of rotatable bonds is 5. The molecule has 0 fully saturated rings. The molecule has 3 rings (SSSR count). The van der Waals surface area contributed by atoms with Gasteiger partial charge >= 0.3 is 0 Å². The van der Waals surface area contributed by atoms with E-state index in [0.717, 1.165) is 29.8 Å². The largest absolute Gasteiger partial charge is 0.378 e.